The molecule has 0 atom stereocenters. The predicted octanol–water partition coefficient (Wildman–Crippen LogP) is 0.201. The fraction of sp³-hybridized carbons (Fsp3) is 1.00. The molecule has 3 aliphatic heterocycles. The van der Waals surface area contributed by atoms with E-state index >= 15 is 0 Å². The summed E-state index contributed by atoms with van der Waals surface area (Å²) < 4.78 is 1.50. The van der Waals surface area contributed by atoms with E-state index in [1.54, 1.807) is 0 Å². The van der Waals surface area contributed by atoms with Crippen molar-refractivity contribution < 1.29 is 16.9 Å². The molecule has 1 nitrogen and oxygen atoms in total. The van der Waals surface area contributed by atoms with Crippen LogP contribution in [0.2, 0.25) is 0 Å². The van der Waals surface area contributed by atoms with Gasteiger partial charge in [-0.05, 0) is 38.0 Å². The van der Waals surface area contributed by atoms with Crippen molar-refractivity contribution in [1.29, 1.82) is 0 Å². The van der Waals surface area contributed by atoms with Gasteiger partial charge in [0.1, 0.15) is 0 Å². The molecule has 3 aliphatic rings. The Kier molecular flexibility index (Phi) is 5.42. The highest BCUT2D eigenvalue weighted by Crippen LogP contribution is 2.33. The Morgan fingerprint density at radius 1 is 0.933 bits per heavy atom. The summed E-state index contributed by atoms with van der Waals surface area (Å²) in [5, 5.41) is 0. The average Bonchev–Trinajstić information content (AvgIpc) is 2.27. The molecule has 0 spiro atoms. The summed E-state index contributed by atoms with van der Waals surface area (Å²) in [7, 11) is 0. The largest absolute Gasteiger partial charge is 1.00 e. The van der Waals surface area contributed by atoms with Crippen molar-refractivity contribution >= 4 is 0 Å². The van der Waals surface area contributed by atoms with Crippen molar-refractivity contribution in [2.24, 2.45) is 5.92 Å². The second-order valence-corrected chi connectivity index (χ2v) is 5.53. The van der Waals surface area contributed by atoms with Gasteiger partial charge in [-0.25, -0.2) is 0 Å². The number of rotatable bonds is 5. The summed E-state index contributed by atoms with van der Waals surface area (Å²) in [6.45, 7) is 8.33. The van der Waals surface area contributed by atoms with Crippen molar-refractivity contribution in [3.63, 3.8) is 0 Å². The van der Waals surface area contributed by atoms with Crippen LogP contribution in [0.4, 0.5) is 0 Å². The first-order valence-corrected chi connectivity index (χ1v) is 6.70. The van der Waals surface area contributed by atoms with Gasteiger partial charge in [0.2, 0.25) is 0 Å². The van der Waals surface area contributed by atoms with Crippen LogP contribution in [-0.4, -0.2) is 30.7 Å². The molecule has 0 radical (unpaired) electrons. The van der Waals surface area contributed by atoms with Gasteiger partial charge in [-0.1, -0.05) is 19.8 Å². The predicted molar refractivity (Wildman–Crippen MR) is 61.2 cm³/mol. The normalized spacial score (nSPS) is 33.8. The van der Waals surface area contributed by atoms with Crippen LogP contribution in [0.15, 0.2) is 0 Å². The highest BCUT2D eigenvalue weighted by Gasteiger charge is 2.38. The third-order valence-corrected chi connectivity index (χ3v) is 4.52. The molecule has 15 heavy (non-hydrogen) atoms. The molecule has 3 rings (SSSR count). The van der Waals surface area contributed by atoms with Crippen LogP contribution < -0.4 is 12.4 Å². The molecule has 0 aliphatic carbocycles. The molecule has 2 bridgehead atoms. The van der Waals surface area contributed by atoms with Crippen molar-refractivity contribution in [3.05, 3.63) is 0 Å². The van der Waals surface area contributed by atoms with Gasteiger partial charge in [0.05, 0.1) is 26.2 Å². The molecule has 0 saturated carbocycles. The third-order valence-electron chi connectivity index (χ3n) is 4.52. The summed E-state index contributed by atoms with van der Waals surface area (Å²) in [6.07, 6.45) is 10.4. The van der Waals surface area contributed by atoms with Crippen LogP contribution in [0, 0.1) is 5.92 Å². The molecule has 0 aromatic carbocycles. The minimum absolute atomic E-state index is 0. The summed E-state index contributed by atoms with van der Waals surface area (Å²) >= 11 is 0. The zero-order valence-corrected chi connectivity index (χ0v) is 10.9. The highest BCUT2D eigenvalue weighted by atomic mass is 35.5. The number of fused-ring (bicyclic) bond motifs is 3. The molecule has 0 aromatic heterocycles. The third kappa shape index (κ3) is 3.35. The lowest BCUT2D eigenvalue weighted by atomic mass is 9.85. The summed E-state index contributed by atoms with van der Waals surface area (Å²) in [5.74, 6) is 1.12. The van der Waals surface area contributed by atoms with Crippen molar-refractivity contribution in [2.45, 2.75) is 51.9 Å². The van der Waals surface area contributed by atoms with Gasteiger partial charge in [-0.2, -0.15) is 0 Å². The number of piperidine rings is 3. The number of unbranched alkanes of at least 4 members (excludes halogenated alkanes) is 3. The van der Waals surface area contributed by atoms with Gasteiger partial charge >= 0.3 is 0 Å². The van der Waals surface area contributed by atoms with E-state index in [9.17, 15) is 0 Å². The van der Waals surface area contributed by atoms with Gasteiger partial charge < -0.3 is 16.9 Å². The smallest absolute Gasteiger partial charge is 0.0789 e. The van der Waals surface area contributed by atoms with Gasteiger partial charge in [0, 0.05) is 0 Å². The minimum Gasteiger partial charge on any atom is -1.00 e. The minimum atomic E-state index is 0. The van der Waals surface area contributed by atoms with E-state index in [1.165, 1.54) is 75.6 Å². The van der Waals surface area contributed by atoms with Crippen LogP contribution >= 0.6 is 0 Å². The molecular weight excluding hydrogens is 206 g/mol. The van der Waals surface area contributed by atoms with Crippen molar-refractivity contribution in [3.8, 4) is 0 Å². The first kappa shape index (κ1) is 13.3. The molecule has 3 heterocycles. The first-order valence-electron chi connectivity index (χ1n) is 6.70. The number of hydrogen-bond acceptors (Lipinski definition) is 0. The molecule has 3 fully saturated rings. The van der Waals surface area contributed by atoms with Crippen molar-refractivity contribution in [2.75, 3.05) is 26.2 Å². The van der Waals surface area contributed by atoms with Gasteiger partial charge in [-0.15, -0.1) is 0 Å². The second-order valence-electron chi connectivity index (χ2n) is 5.53. The lowest BCUT2D eigenvalue weighted by Gasteiger charge is -2.49. The quantitative estimate of drug-likeness (QED) is 0.469. The van der Waals surface area contributed by atoms with Crippen molar-refractivity contribution in [1.82, 2.24) is 0 Å². The van der Waals surface area contributed by atoms with Crippen LogP contribution in [0.5, 0.6) is 0 Å². The zero-order valence-electron chi connectivity index (χ0n) is 10.2. The molecule has 0 unspecified atom stereocenters. The fourth-order valence-electron chi connectivity index (χ4n) is 3.35. The van der Waals surface area contributed by atoms with Gasteiger partial charge in [-0.3, -0.25) is 0 Å². The van der Waals surface area contributed by atoms with Gasteiger partial charge in [0.25, 0.3) is 0 Å². The lowest BCUT2D eigenvalue weighted by Crippen LogP contribution is -3.00. The molecule has 90 valence electrons. The summed E-state index contributed by atoms with van der Waals surface area (Å²) in [5.41, 5.74) is 0. The van der Waals surface area contributed by atoms with E-state index in [1.807, 2.05) is 0 Å². The zero-order chi connectivity index (χ0) is 9.86. The van der Waals surface area contributed by atoms with Crippen LogP contribution in [0.25, 0.3) is 0 Å². The lowest BCUT2D eigenvalue weighted by molar-refractivity contribution is -0.942. The maximum Gasteiger partial charge on any atom is 0.0789 e. The van der Waals surface area contributed by atoms with E-state index in [4.69, 9.17) is 0 Å². The Balaban J connectivity index is 0.00000112. The fourth-order valence-corrected chi connectivity index (χ4v) is 3.35. The maximum absolute atomic E-state index is 2.30. The van der Waals surface area contributed by atoms with Crippen LogP contribution in [0.3, 0.4) is 0 Å². The maximum atomic E-state index is 2.30. The van der Waals surface area contributed by atoms with Gasteiger partial charge in [0.15, 0.2) is 0 Å². The summed E-state index contributed by atoms with van der Waals surface area (Å²) in [6, 6.07) is 0. The molecular formula is C13H26ClN. The highest BCUT2D eigenvalue weighted by molar-refractivity contribution is 4.71. The van der Waals surface area contributed by atoms with E-state index in [2.05, 4.69) is 6.92 Å². The summed E-state index contributed by atoms with van der Waals surface area (Å²) in [4.78, 5) is 0. The van der Waals surface area contributed by atoms with E-state index in [0.29, 0.717) is 0 Å². The molecule has 0 N–H and O–H groups in total. The van der Waals surface area contributed by atoms with Crippen LogP contribution in [-0.2, 0) is 0 Å². The number of hydrogen-bond donors (Lipinski definition) is 0. The number of quaternary nitrogens is 1. The van der Waals surface area contributed by atoms with E-state index in [-0.39, 0.29) is 12.4 Å². The topological polar surface area (TPSA) is 0 Å². The van der Waals surface area contributed by atoms with E-state index in [0.717, 1.165) is 5.92 Å². The SMILES string of the molecule is CCCCCC[N+]12CCC(CC1)CC2.[Cl-]. The molecule has 2 heteroatoms. The average molecular weight is 232 g/mol. The monoisotopic (exact) mass is 231 g/mol. The van der Waals surface area contributed by atoms with E-state index < -0.39 is 0 Å². The Morgan fingerprint density at radius 2 is 1.53 bits per heavy atom. The Labute approximate surface area is 101 Å². The molecule has 3 saturated heterocycles. The Bertz CT molecular complexity index is 160. The van der Waals surface area contributed by atoms with Crippen LogP contribution in [0.1, 0.15) is 51.9 Å². The Hall–Kier alpha value is 0.250. The standard InChI is InChI=1S/C13H26N.ClH/c1-2-3-4-5-9-14-10-6-13(7-11-14)8-12-14;/h13H,2-12H2,1H3;1H/q+1;/p-1. The molecule has 0 amide bonds. The first-order chi connectivity index (χ1) is 6.85. The Morgan fingerprint density at radius 3 is 2.07 bits per heavy atom. The second kappa shape index (κ2) is 6.10. The molecule has 0 aromatic rings. The number of nitrogens with zero attached hydrogens (tertiary/aromatic N) is 1. The number of halogens is 1.